The second-order valence-electron chi connectivity index (χ2n) is 3.65. The van der Waals surface area contributed by atoms with Crippen molar-refractivity contribution in [2.24, 2.45) is 0 Å². The summed E-state index contributed by atoms with van der Waals surface area (Å²) >= 11 is 0. The minimum Gasteiger partial charge on any atom is -0.478 e. The van der Waals surface area contributed by atoms with Gasteiger partial charge in [-0.05, 0) is 18.2 Å². The van der Waals surface area contributed by atoms with Gasteiger partial charge in [-0.1, -0.05) is 12.1 Å². The first kappa shape index (κ1) is 13.0. The van der Waals surface area contributed by atoms with Crippen LogP contribution in [0.3, 0.4) is 0 Å². The topological polar surface area (TPSA) is 63.1 Å². The highest BCUT2D eigenvalue weighted by Crippen LogP contribution is 2.28. The van der Waals surface area contributed by atoms with Crippen molar-refractivity contribution in [2.75, 3.05) is 0 Å². The molecule has 19 heavy (non-hydrogen) atoms. The second-order valence-corrected chi connectivity index (χ2v) is 3.65. The molecule has 0 aliphatic carbocycles. The molecule has 4 nitrogen and oxygen atoms in total. The van der Waals surface area contributed by atoms with Gasteiger partial charge in [0.1, 0.15) is 5.69 Å². The lowest BCUT2D eigenvalue weighted by molar-refractivity contribution is -0.141. The lowest BCUT2D eigenvalue weighted by Gasteiger charge is -2.07. The first-order chi connectivity index (χ1) is 8.88. The molecular formula is C12H7F3N2O2. The van der Waals surface area contributed by atoms with E-state index < -0.39 is 17.8 Å². The molecule has 7 heteroatoms. The van der Waals surface area contributed by atoms with Crippen LogP contribution < -0.4 is 0 Å². The number of carboxylic acids is 1. The van der Waals surface area contributed by atoms with E-state index in [1.54, 1.807) is 0 Å². The van der Waals surface area contributed by atoms with Crippen LogP contribution in [0.25, 0.3) is 11.4 Å². The zero-order valence-electron chi connectivity index (χ0n) is 9.35. The molecule has 0 unspecified atom stereocenters. The van der Waals surface area contributed by atoms with Crippen LogP contribution in [0.5, 0.6) is 0 Å². The van der Waals surface area contributed by atoms with Gasteiger partial charge >= 0.3 is 12.1 Å². The van der Waals surface area contributed by atoms with E-state index >= 15 is 0 Å². The molecule has 0 amide bonds. The van der Waals surface area contributed by atoms with Crippen molar-refractivity contribution in [3.8, 4) is 11.4 Å². The third-order valence-corrected chi connectivity index (χ3v) is 2.34. The van der Waals surface area contributed by atoms with Crippen molar-refractivity contribution in [2.45, 2.75) is 6.18 Å². The van der Waals surface area contributed by atoms with Gasteiger partial charge in [-0.2, -0.15) is 13.2 Å². The van der Waals surface area contributed by atoms with Crippen molar-refractivity contribution in [3.05, 3.63) is 47.8 Å². The summed E-state index contributed by atoms with van der Waals surface area (Å²) < 4.78 is 37.5. The number of aromatic carboxylic acids is 1. The molecule has 1 aromatic heterocycles. The highest BCUT2D eigenvalue weighted by atomic mass is 19.4. The molecule has 0 aliphatic heterocycles. The Morgan fingerprint density at radius 1 is 1.11 bits per heavy atom. The van der Waals surface area contributed by atoms with Gasteiger partial charge in [0.15, 0.2) is 5.82 Å². The Morgan fingerprint density at radius 2 is 1.74 bits per heavy atom. The monoisotopic (exact) mass is 268 g/mol. The van der Waals surface area contributed by atoms with E-state index in [2.05, 4.69) is 9.97 Å². The van der Waals surface area contributed by atoms with Crippen molar-refractivity contribution < 1.29 is 23.1 Å². The lowest BCUT2D eigenvalue weighted by atomic mass is 10.1. The molecule has 0 saturated carbocycles. The predicted molar refractivity (Wildman–Crippen MR) is 59.4 cm³/mol. The second kappa shape index (κ2) is 4.68. The molecule has 0 fully saturated rings. The smallest absolute Gasteiger partial charge is 0.433 e. The Balaban J connectivity index is 2.39. The van der Waals surface area contributed by atoms with Crippen molar-refractivity contribution in [1.29, 1.82) is 0 Å². The molecule has 0 bridgehead atoms. The number of carbonyl (C=O) groups is 1. The summed E-state index contributed by atoms with van der Waals surface area (Å²) in [7, 11) is 0. The maximum absolute atomic E-state index is 12.5. The highest BCUT2D eigenvalue weighted by molar-refractivity contribution is 5.88. The minimum atomic E-state index is -4.54. The summed E-state index contributed by atoms with van der Waals surface area (Å²) in [4.78, 5) is 17.8. The Kier molecular flexibility index (Phi) is 3.20. The highest BCUT2D eigenvalue weighted by Gasteiger charge is 2.32. The Morgan fingerprint density at radius 3 is 2.26 bits per heavy atom. The van der Waals surface area contributed by atoms with Gasteiger partial charge in [-0.15, -0.1) is 0 Å². The minimum absolute atomic E-state index is 0.0377. The molecule has 2 aromatic rings. The predicted octanol–water partition coefficient (Wildman–Crippen LogP) is 2.86. The van der Waals surface area contributed by atoms with Crippen LogP contribution in [-0.2, 0) is 6.18 Å². The average molecular weight is 268 g/mol. The van der Waals surface area contributed by atoms with E-state index in [-0.39, 0.29) is 11.4 Å². The number of nitrogens with zero attached hydrogens (tertiary/aromatic N) is 2. The van der Waals surface area contributed by atoms with Gasteiger partial charge in [0.05, 0.1) is 5.56 Å². The van der Waals surface area contributed by atoms with Gasteiger partial charge in [0.25, 0.3) is 0 Å². The fourth-order valence-corrected chi connectivity index (χ4v) is 1.42. The van der Waals surface area contributed by atoms with Crippen molar-refractivity contribution in [1.82, 2.24) is 9.97 Å². The molecule has 0 radical (unpaired) electrons. The number of carboxylic acid groups (broad SMARTS) is 1. The van der Waals surface area contributed by atoms with Crippen LogP contribution in [0.2, 0.25) is 0 Å². The maximum atomic E-state index is 12.5. The number of alkyl halides is 3. The third kappa shape index (κ3) is 2.87. The van der Waals surface area contributed by atoms with Crippen LogP contribution >= 0.6 is 0 Å². The van der Waals surface area contributed by atoms with Crippen LogP contribution in [0.1, 0.15) is 16.1 Å². The molecule has 1 N–H and O–H groups in total. The van der Waals surface area contributed by atoms with E-state index in [0.717, 1.165) is 12.3 Å². The van der Waals surface area contributed by atoms with Crippen LogP contribution in [0.15, 0.2) is 36.5 Å². The standard InChI is InChI=1S/C12H7F3N2O2/c13-12(14,15)9-5-6-16-10(17-9)7-1-3-8(4-2-7)11(18)19/h1-6H,(H,18,19). The first-order valence-corrected chi connectivity index (χ1v) is 5.12. The molecule has 0 saturated heterocycles. The molecule has 0 spiro atoms. The fourth-order valence-electron chi connectivity index (χ4n) is 1.42. The normalized spacial score (nSPS) is 11.3. The third-order valence-electron chi connectivity index (χ3n) is 2.34. The fraction of sp³-hybridized carbons (Fsp3) is 0.0833. The van der Waals surface area contributed by atoms with E-state index in [1.807, 2.05) is 0 Å². The number of hydrogen-bond acceptors (Lipinski definition) is 3. The van der Waals surface area contributed by atoms with Gasteiger partial charge in [0.2, 0.25) is 0 Å². The quantitative estimate of drug-likeness (QED) is 0.909. The van der Waals surface area contributed by atoms with Crippen LogP contribution in [-0.4, -0.2) is 21.0 Å². The number of rotatable bonds is 2. The van der Waals surface area contributed by atoms with Crippen LogP contribution in [0, 0.1) is 0 Å². The van der Waals surface area contributed by atoms with E-state index in [9.17, 15) is 18.0 Å². The van der Waals surface area contributed by atoms with Gasteiger partial charge in [-0.25, -0.2) is 14.8 Å². The Bertz CT molecular complexity index is 609. The summed E-state index contributed by atoms with van der Waals surface area (Å²) in [6.45, 7) is 0. The first-order valence-electron chi connectivity index (χ1n) is 5.12. The van der Waals surface area contributed by atoms with E-state index in [1.165, 1.54) is 24.3 Å². The zero-order chi connectivity index (χ0) is 14.0. The number of hydrogen-bond donors (Lipinski definition) is 1. The molecular weight excluding hydrogens is 261 g/mol. The number of benzene rings is 1. The lowest BCUT2D eigenvalue weighted by Crippen LogP contribution is -2.09. The number of halogens is 3. The van der Waals surface area contributed by atoms with Crippen molar-refractivity contribution in [3.63, 3.8) is 0 Å². The summed E-state index contributed by atoms with van der Waals surface area (Å²) in [6, 6.07) is 6.05. The summed E-state index contributed by atoms with van der Waals surface area (Å²) in [5.41, 5.74) is -0.688. The largest absolute Gasteiger partial charge is 0.478 e. The van der Waals surface area contributed by atoms with Gasteiger partial charge in [-0.3, -0.25) is 0 Å². The number of aromatic nitrogens is 2. The zero-order valence-corrected chi connectivity index (χ0v) is 9.35. The average Bonchev–Trinajstić information content (AvgIpc) is 2.38. The van der Waals surface area contributed by atoms with Crippen LogP contribution in [0.4, 0.5) is 13.2 Å². The Labute approximate surface area is 105 Å². The maximum Gasteiger partial charge on any atom is 0.433 e. The van der Waals surface area contributed by atoms with E-state index in [0.29, 0.717) is 5.56 Å². The van der Waals surface area contributed by atoms with Gasteiger partial charge in [0, 0.05) is 11.8 Å². The van der Waals surface area contributed by atoms with Crippen molar-refractivity contribution >= 4 is 5.97 Å². The molecule has 0 aliphatic rings. The molecule has 1 heterocycles. The summed E-state index contributed by atoms with van der Waals surface area (Å²) in [5.74, 6) is -1.22. The molecule has 2 rings (SSSR count). The molecule has 1 aromatic carbocycles. The Hall–Kier alpha value is -2.44. The molecule has 0 atom stereocenters. The van der Waals surface area contributed by atoms with Gasteiger partial charge < -0.3 is 5.11 Å². The summed E-state index contributed by atoms with van der Waals surface area (Å²) in [5, 5.41) is 8.72. The van der Waals surface area contributed by atoms with E-state index in [4.69, 9.17) is 5.11 Å². The molecule has 98 valence electrons. The summed E-state index contributed by atoms with van der Waals surface area (Å²) in [6.07, 6.45) is -3.53. The SMILES string of the molecule is O=C(O)c1ccc(-c2nccc(C(F)(F)F)n2)cc1.